The maximum atomic E-state index is 2.74. The number of nitrogens with zero attached hydrogens (tertiary/aromatic N) is 1. The van der Waals surface area contributed by atoms with Crippen LogP contribution in [0, 0.1) is 5.92 Å². The van der Waals surface area contributed by atoms with Crippen molar-refractivity contribution in [3.63, 3.8) is 0 Å². The third kappa shape index (κ3) is 3.84. The number of rotatable bonds is 5. The molecule has 2 unspecified atom stereocenters. The molecule has 0 spiro atoms. The zero-order valence-electron chi connectivity index (χ0n) is 11.9. The first-order valence-electron chi connectivity index (χ1n) is 7.57. The molecule has 18 heavy (non-hydrogen) atoms. The summed E-state index contributed by atoms with van der Waals surface area (Å²) < 4.78 is 0. The molecule has 1 aromatic carbocycles. The molecule has 1 heteroatoms. The number of hydrogen-bond acceptors (Lipinski definition) is 1. The molecule has 0 aliphatic carbocycles. The average Bonchev–Trinajstić information content (AvgIpc) is 2.39. The molecule has 0 saturated carbocycles. The fourth-order valence-electron chi connectivity index (χ4n) is 3.19. The molecular weight excluding hydrogens is 218 g/mol. The number of hydrogen-bond donors (Lipinski definition) is 0. The molecule has 0 N–H and O–H groups in total. The van der Waals surface area contributed by atoms with E-state index in [2.05, 4.69) is 49.1 Å². The van der Waals surface area contributed by atoms with Crippen LogP contribution in [0.25, 0.3) is 0 Å². The van der Waals surface area contributed by atoms with E-state index in [1.165, 1.54) is 50.8 Å². The van der Waals surface area contributed by atoms with Gasteiger partial charge in [-0.1, -0.05) is 50.6 Å². The molecule has 1 saturated heterocycles. The lowest BCUT2D eigenvalue weighted by molar-refractivity contribution is 0.122. The van der Waals surface area contributed by atoms with Crippen molar-refractivity contribution < 1.29 is 0 Å². The molecule has 1 aliphatic rings. The van der Waals surface area contributed by atoms with Crippen molar-refractivity contribution in [1.82, 2.24) is 4.90 Å². The Labute approximate surface area is 112 Å². The molecule has 100 valence electrons. The predicted octanol–water partition coefficient (Wildman–Crippen LogP) is 4.13. The standard InChI is InChI=1S/C17H27N/c1-3-8-17(13-16-10-5-4-6-11-16)18-12-7-9-15(2)14-18/h4-6,10-11,15,17H,3,7-9,12-14H2,1-2H3. The first-order chi connectivity index (χ1) is 8.79. The molecule has 1 nitrogen and oxygen atoms in total. The Balaban J connectivity index is 1.98. The lowest BCUT2D eigenvalue weighted by Crippen LogP contribution is -2.43. The van der Waals surface area contributed by atoms with Crippen LogP contribution in [0.15, 0.2) is 30.3 Å². The number of benzene rings is 1. The molecule has 0 radical (unpaired) electrons. The van der Waals surface area contributed by atoms with E-state index in [0.717, 1.165) is 12.0 Å². The SMILES string of the molecule is CCCC(Cc1ccccc1)N1CCCC(C)C1. The largest absolute Gasteiger partial charge is 0.300 e. The van der Waals surface area contributed by atoms with Gasteiger partial charge in [0.25, 0.3) is 0 Å². The minimum atomic E-state index is 0.750. The van der Waals surface area contributed by atoms with Crippen LogP contribution in [-0.4, -0.2) is 24.0 Å². The van der Waals surface area contributed by atoms with Crippen LogP contribution in [0.3, 0.4) is 0 Å². The summed E-state index contributed by atoms with van der Waals surface area (Å²) in [6.07, 6.45) is 6.66. The van der Waals surface area contributed by atoms with Gasteiger partial charge in [-0.25, -0.2) is 0 Å². The first kappa shape index (κ1) is 13.6. The van der Waals surface area contributed by atoms with E-state index in [1.54, 1.807) is 0 Å². The second-order valence-corrected chi connectivity index (χ2v) is 5.87. The summed E-state index contributed by atoms with van der Waals surface area (Å²) in [5.41, 5.74) is 1.49. The molecule has 1 aromatic rings. The minimum absolute atomic E-state index is 0.750. The van der Waals surface area contributed by atoms with Crippen LogP contribution in [0.4, 0.5) is 0 Å². The summed E-state index contributed by atoms with van der Waals surface area (Å²) in [5.74, 6) is 0.883. The van der Waals surface area contributed by atoms with E-state index in [1.807, 2.05) is 0 Å². The van der Waals surface area contributed by atoms with Crippen molar-refractivity contribution in [2.24, 2.45) is 5.92 Å². The maximum absolute atomic E-state index is 2.74. The van der Waals surface area contributed by atoms with E-state index < -0.39 is 0 Å². The Bertz CT molecular complexity index is 333. The van der Waals surface area contributed by atoms with Crippen LogP contribution < -0.4 is 0 Å². The second-order valence-electron chi connectivity index (χ2n) is 5.87. The van der Waals surface area contributed by atoms with Gasteiger partial charge in [-0.3, -0.25) is 4.90 Å². The summed E-state index contributed by atoms with van der Waals surface area (Å²) in [4.78, 5) is 2.74. The van der Waals surface area contributed by atoms with E-state index in [0.29, 0.717) is 0 Å². The van der Waals surface area contributed by atoms with Crippen molar-refractivity contribution in [2.75, 3.05) is 13.1 Å². The summed E-state index contributed by atoms with van der Waals surface area (Å²) in [6.45, 7) is 7.32. The molecule has 0 bridgehead atoms. The predicted molar refractivity (Wildman–Crippen MR) is 78.8 cm³/mol. The van der Waals surface area contributed by atoms with Crippen LogP contribution >= 0.6 is 0 Å². The Morgan fingerprint density at radius 3 is 2.72 bits per heavy atom. The van der Waals surface area contributed by atoms with Crippen LogP contribution in [0.2, 0.25) is 0 Å². The van der Waals surface area contributed by atoms with Gasteiger partial charge in [0.15, 0.2) is 0 Å². The molecule has 1 aliphatic heterocycles. The number of likely N-dealkylation sites (tertiary alicyclic amines) is 1. The quantitative estimate of drug-likeness (QED) is 0.754. The highest BCUT2D eigenvalue weighted by Crippen LogP contribution is 2.22. The molecule has 2 atom stereocenters. The fraction of sp³-hybridized carbons (Fsp3) is 0.647. The summed E-state index contributed by atoms with van der Waals surface area (Å²) >= 11 is 0. The minimum Gasteiger partial charge on any atom is -0.300 e. The second kappa shape index (κ2) is 6.94. The molecule has 1 fully saturated rings. The highest BCUT2D eigenvalue weighted by atomic mass is 15.2. The average molecular weight is 245 g/mol. The van der Waals surface area contributed by atoms with Crippen molar-refractivity contribution in [1.29, 1.82) is 0 Å². The lowest BCUT2D eigenvalue weighted by Gasteiger charge is -2.37. The van der Waals surface area contributed by atoms with Crippen molar-refractivity contribution in [3.05, 3.63) is 35.9 Å². The van der Waals surface area contributed by atoms with Gasteiger partial charge in [0.05, 0.1) is 0 Å². The third-order valence-corrected chi connectivity index (χ3v) is 4.14. The van der Waals surface area contributed by atoms with Gasteiger partial charge in [-0.15, -0.1) is 0 Å². The maximum Gasteiger partial charge on any atom is 0.0136 e. The smallest absolute Gasteiger partial charge is 0.0136 e. The van der Waals surface area contributed by atoms with Crippen LogP contribution in [0.5, 0.6) is 0 Å². The van der Waals surface area contributed by atoms with Gasteiger partial charge in [0.1, 0.15) is 0 Å². The van der Waals surface area contributed by atoms with Crippen molar-refractivity contribution >= 4 is 0 Å². The molecule has 0 aromatic heterocycles. The van der Waals surface area contributed by atoms with Gasteiger partial charge < -0.3 is 0 Å². The molecule has 0 amide bonds. The normalized spacial score (nSPS) is 22.9. The van der Waals surface area contributed by atoms with Gasteiger partial charge in [0.2, 0.25) is 0 Å². The summed E-state index contributed by atoms with van der Waals surface area (Å²) in [7, 11) is 0. The van der Waals surface area contributed by atoms with Gasteiger partial charge >= 0.3 is 0 Å². The van der Waals surface area contributed by atoms with Crippen molar-refractivity contribution in [2.45, 2.75) is 52.0 Å². The molecule has 1 heterocycles. The zero-order valence-corrected chi connectivity index (χ0v) is 11.9. The molecular formula is C17H27N. The Morgan fingerprint density at radius 2 is 2.06 bits per heavy atom. The summed E-state index contributed by atoms with van der Waals surface area (Å²) in [5, 5.41) is 0. The Kier molecular flexibility index (Phi) is 5.25. The van der Waals surface area contributed by atoms with Gasteiger partial charge in [-0.05, 0) is 43.7 Å². The van der Waals surface area contributed by atoms with Gasteiger partial charge in [-0.2, -0.15) is 0 Å². The lowest BCUT2D eigenvalue weighted by atomic mass is 9.94. The van der Waals surface area contributed by atoms with E-state index in [9.17, 15) is 0 Å². The Morgan fingerprint density at radius 1 is 1.28 bits per heavy atom. The number of piperidine rings is 1. The van der Waals surface area contributed by atoms with Gasteiger partial charge in [0, 0.05) is 12.6 Å². The van der Waals surface area contributed by atoms with Crippen LogP contribution in [-0.2, 0) is 6.42 Å². The van der Waals surface area contributed by atoms with E-state index in [4.69, 9.17) is 0 Å². The zero-order chi connectivity index (χ0) is 12.8. The van der Waals surface area contributed by atoms with Crippen molar-refractivity contribution in [3.8, 4) is 0 Å². The highest BCUT2D eigenvalue weighted by molar-refractivity contribution is 5.16. The fourth-order valence-corrected chi connectivity index (χ4v) is 3.19. The summed E-state index contributed by atoms with van der Waals surface area (Å²) in [6, 6.07) is 11.7. The highest BCUT2D eigenvalue weighted by Gasteiger charge is 2.23. The van der Waals surface area contributed by atoms with E-state index in [-0.39, 0.29) is 0 Å². The van der Waals surface area contributed by atoms with Crippen LogP contribution in [0.1, 0.15) is 45.1 Å². The topological polar surface area (TPSA) is 3.24 Å². The third-order valence-electron chi connectivity index (χ3n) is 4.14. The monoisotopic (exact) mass is 245 g/mol. The Hall–Kier alpha value is -0.820. The molecule has 2 rings (SSSR count). The van der Waals surface area contributed by atoms with E-state index >= 15 is 0 Å². The first-order valence-corrected chi connectivity index (χ1v) is 7.57.